The Balaban J connectivity index is 2.22. The summed E-state index contributed by atoms with van der Waals surface area (Å²) < 4.78 is 1.01. The van der Waals surface area contributed by atoms with Crippen LogP contribution < -0.4 is 5.32 Å². The van der Waals surface area contributed by atoms with E-state index in [1.54, 1.807) is 0 Å². The van der Waals surface area contributed by atoms with Crippen molar-refractivity contribution in [2.75, 3.05) is 0 Å². The quantitative estimate of drug-likeness (QED) is 0.893. The molecular formula is C12H14BrNO2. The zero-order valence-electron chi connectivity index (χ0n) is 9.03. The maximum Gasteiger partial charge on any atom is 0.325 e. The van der Waals surface area contributed by atoms with E-state index in [0.29, 0.717) is 6.04 Å². The van der Waals surface area contributed by atoms with Crippen LogP contribution >= 0.6 is 15.9 Å². The van der Waals surface area contributed by atoms with Crippen LogP contribution in [0.15, 0.2) is 22.7 Å². The van der Waals surface area contributed by atoms with Gasteiger partial charge in [0.05, 0.1) is 0 Å². The maximum atomic E-state index is 11.2. The first-order valence-corrected chi connectivity index (χ1v) is 6.12. The Labute approximate surface area is 103 Å². The van der Waals surface area contributed by atoms with E-state index in [0.717, 1.165) is 28.4 Å². The number of hydrogen-bond donors (Lipinski definition) is 2. The average molecular weight is 284 g/mol. The molecule has 0 amide bonds. The van der Waals surface area contributed by atoms with E-state index in [1.807, 2.05) is 25.1 Å². The lowest BCUT2D eigenvalue weighted by Crippen LogP contribution is -2.30. The zero-order chi connectivity index (χ0) is 11.7. The molecule has 1 fully saturated rings. The minimum Gasteiger partial charge on any atom is -0.480 e. The highest BCUT2D eigenvalue weighted by Gasteiger charge is 2.29. The molecule has 0 heterocycles. The largest absolute Gasteiger partial charge is 0.480 e. The first-order valence-electron chi connectivity index (χ1n) is 5.33. The minimum absolute atomic E-state index is 0.380. The third-order valence-electron chi connectivity index (χ3n) is 2.74. The Morgan fingerprint density at radius 2 is 2.25 bits per heavy atom. The molecule has 2 rings (SSSR count). The summed E-state index contributed by atoms with van der Waals surface area (Å²) in [5, 5.41) is 12.3. The van der Waals surface area contributed by atoms with Crippen LogP contribution in [0, 0.1) is 6.92 Å². The Morgan fingerprint density at radius 1 is 1.56 bits per heavy atom. The Hall–Kier alpha value is -0.870. The molecule has 1 aliphatic rings. The van der Waals surface area contributed by atoms with Gasteiger partial charge in [0, 0.05) is 10.5 Å². The van der Waals surface area contributed by atoms with Gasteiger partial charge in [-0.3, -0.25) is 10.1 Å². The number of carboxylic acids is 1. The second-order valence-corrected chi connectivity index (χ2v) is 5.08. The molecule has 3 nitrogen and oxygen atoms in total. The van der Waals surface area contributed by atoms with Crippen molar-refractivity contribution in [1.82, 2.24) is 5.32 Å². The molecule has 2 N–H and O–H groups in total. The van der Waals surface area contributed by atoms with Gasteiger partial charge < -0.3 is 5.11 Å². The number of aliphatic carboxylic acids is 1. The number of hydrogen-bond acceptors (Lipinski definition) is 2. The van der Waals surface area contributed by atoms with Gasteiger partial charge in [-0.15, -0.1) is 0 Å². The predicted molar refractivity (Wildman–Crippen MR) is 65.4 cm³/mol. The zero-order valence-corrected chi connectivity index (χ0v) is 10.6. The molecule has 1 unspecified atom stereocenters. The van der Waals surface area contributed by atoms with E-state index < -0.39 is 12.0 Å². The van der Waals surface area contributed by atoms with Gasteiger partial charge in [0.25, 0.3) is 0 Å². The number of benzene rings is 1. The Bertz CT molecular complexity index is 415. The molecule has 1 aliphatic carbocycles. The van der Waals surface area contributed by atoms with Crippen LogP contribution in [0.1, 0.15) is 30.0 Å². The summed E-state index contributed by atoms with van der Waals surface area (Å²) in [5.41, 5.74) is 1.88. The maximum absolute atomic E-state index is 11.2. The molecule has 1 atom stereocenters. The summed E-state index contributed by atoms with van der Waals surface area (Å²) >= 11 is 3.41. The molecule has 16 heavy (non-hydrogen) atoms. The molecular weight excluding hydrogens is 270 g/mol. The summed E-state index contributed by atoms with van der Waals surface area (Å²) in [5.74, 6) is -0.811. The van der Waals surface area contributed by atoms with E-state index >= 15 is 0 Å². The summed E-state index contributed by atoms with van der Waals surface area (Å²) in [4.78, 5) is 11.2. The van der Waals surface area contributed by atoms with E-state index in [9.17, 15) is 9.90 Å². The number of carboxylic acid groups (broad SMARTS) is 1. The van der Waals surface area contributed by atoms with Gasteiger partial charge in [0.2, 0.25) is 0 Å². The van der Waals surface area contributed by atoms with Crippen LogP contribution in [-0.4, -0.2) is 17.1 Å². The fourth-order valence-electron chi connectivity index (χ4n) is 1.64. The van der Waals surface area contributed by atoms with Crippen molar-refractivity contribution in [3.63, 3.8) is 0 Å². The van der Waals surface area contributed by atoms with Gasteiger partial charge in [0.1, 0.15) is 6.04 Å². The van der Waals surface area contributed by atoms with E-state index in [4.69, 9.17) is 0 Å². The van der Waals surface area contributed by atoms with Crippen molar-refractivity contribution in [3.05, 3.63) is 33.8 Å². The lowest BCUT2D eigenvalue weighted by Gasteiger charge is -2.15. The first kappa shape index (κ1) is 11.6. The van der Waals surface area contributed by atoms with Gasteiger partial charge >= 0.3 is 5.97 Å². The third-order valence-corrected chi connectivity index (χ3v) is 3.63. The fourth-order valence-corrected chi connectivity index (χ4v) is 1.89. The Kier molecular flexibility index (Phi) is 3.30. The summed E-state index contributed by atoms with van der Waals surface area (Å²) in [6.07, 6.45) is 2.17. The molecule has 4 heteroatoms. The second kappa shape index (κ2) is 4.55. The van der Waals surface area contributed by atoms with Gasteiger partial charge in [0.15, 0.2) is 0 Å². The number of nitrogens with one attached hydrogen (secondary N) is 1. The third kappa shape index (κ3) is 2.62. The van der Waals surface area contributed by atoms with Crippen LogP contribution in [0.25, 0.3) is 0 Å². The monoisotopic (exact) mass is 283 g/mol. The summed E-state index contributed by atoms with van der Waals surface area (Å²) in [6, 6.07) is 5.46. The van der Waals surface area contributed by atoms with Gasteiger partial charge in [-0.2, -0.15) is 0 Å². The van der Waals surface area contributed by atoms with Crippen LogP contribution in [-0.2, 0) is 4.79 Å². The van der Waals surface area contributed by atoms with Crippen LogP contribution in [0.5, 0.6) is 0 Å². The molecule has 1 aromatic carbocycles. The van der Waals surface area contributed by atoms with Crippen LogP contribution in [0.3, 0.4) is 0 Å². The standard InChI is InChI=1S/C12H14BrNO2/c1-7-6-8(2-5-10(7)13)11(12(15)16)14-9-3-4-9/h2,5-6,9,11,14H,3-4H2,1H3,(H,15,16). The van der Waals surface area contributed by atoms with Crippen molar-refractivity contribution in [2.45, 2.75) is 31.8 Å². The van der Waals surface area contributed by atoms with Gasteiger partial charge in [-0.05, 0) is 37.0 Å². The number of carbonyl (C=O) groups is 1. The summed E-state index contributed by atoms with van der Waals surface area (Å²) in [7, 11) is 0. The average Bonchev–Trinajstić information content (AvgIpc) is 3.02. The van der Waals surface area contributed by atoms with E-state index in [2.05, 4.69) is 21.2 Å². The van der Waals surface area contributed by atoms with Crippen molar-refractivity contribution in [2.24, 2.45) is 0 Å². The highest BCUT2D eigenvalue weighted by Crippen LogP contribution is 2.26. The number of halogens is 1. The topological polar surface area (TPSA) is 49.3 Å². The molecule has 0 spiro atoms. The van der Waals surface area contributed by atoms with Crippen molar-refractivity contribution in [1.29, 1.82) is 0 Å². The molecule has 0 saturated heterocycles. The van der Waals surface area contributed by atoms with Crippen LogP contribution in [0.4, 0.5) is 0 Å². The normalized spacial score (nSPS) is 17.1. The molecule has 0 radical (unpaired) electrons. The molecule has 0 aliphatic heterocycles. The molecule has 1 saturated carbocycles. The molecule has 86 valence electrons. The predicted octanol–water partition coefficient (Wildman–Crippen LogP) is 2.64. The van der Waals surface area contributed by atoms with Crippen molar-refractivity contribution in [3.8, 4) is 0 Å². The summed E-state index contributed by atoms with van der Waals surface area (Å²) in [6.45, 7) is 1.96. The van der Waals surface area contributed by atoms with E-state index in [1.165, 1.54) is 0 Å². The van der Waals surface area contributed by atoms with Gasteiger partial charge in [-0.25, -0.2) is 0 Å². The number of aryl methyl sites for hydroxylation is 1. The highest BCUT2D eigenvalue weighted by molar-refractivity contribution is 9.10. The lowest BCUT2D eigenvalue weighted by molar-refractivity contribution is -0.139. The molecule has 0 aromatic heterocycles. The van der Waals surface area contributed by atoms with Gasteiger partial charge in [-0.1, -0.05) is 28.1 Å². The molecule has 1 aromatic rings. The van der Waals surface area contributed by atoms with Crippen LogP contribution in [0.2, 0.25) is 0 Å². The first-order chi connectivity index (χ1) is 7.58. The number of rotatable bonds is 4. The lowest BCUT2D eigenvalue weighted by atomic mass is 10.0. The molecule has 0 bridgehead atoms. The van der Waals surface area contributed by atoms with Crippen molar-refractivity contribution >= 4 is 21.9 Å². The smallest absolute Gasteiger partial charge is 0.325 e. The Morgan fingerprint density at radius 3 is 2.75 bits per heavy atom. The fraction of sp³-hybridized carbons (Fsp3) is 0.417. The highest BCUT2D eigenvalue weighted by atomic mass is 79.9. The SMILES string of the molecule is Cc1cc(C(NC2CC2)C(=O)O)ccc1Br. The van der Waals surface area contributed by atoms with E-state index in [-0.39, 0.29) is 0 Å². The minimum atomic E-state index is -0.811. The second-order valence-electron chi connectivity index (χ2n) is 4.22. The van der Waals surface area contributed by atoms with Crippen molar-refractivity contribution < 1.29 is 9.90 Å².